The van der Waals surface area contributed by atoms with E-state index in [0.717, 1.165) is 0 Å². The Labute approximate surface area is 103 Å². The standard InChI is InChI=1S/C12H23N3O2/c1-8(2)11(13)12(17)15-6-5-14(10(4)16)7-9(15)3/h8-9,11H,5-7,13H2,1-4H3/t9-,11-/m0/s1. The number of nitrogens with zero attached hydrogens (tertiary/aromatic N) is 2. The molecule has 1 aliphatic heterocycles. The van der Waals surface area contributed by atoms with Gasteiger partial charge in [-0.05, 0) is 12.8 Å². The molecule has 1 saturated heterocycles. The largest absolute Gasteiger partial charge is 0.339 e. The molecule has 2 atom stereocenters. The molecule has 0 aromatic heterocycles. The van der Waals surface area contributed by atoms with Gasteiger partial charge in [0.25, 0.3) is 0 Å². The van der Waals surface area contributed by atoms with Gasteiger partial charge in [-0.3, -0.25) is 9.59 Å². The summed E-state index contributed by atoms with van der Waals surface area (Å²) in [7, 11) is 0. The normalized spacial score (nSPS) is 22.8. The Morgan fingerprint density at radius 1 is 1.29 bits per heavy atom. The average Bonchev–Trinajstić information content (AvgIpc) is 2.26. The summed E-state index contributed by atoms with van der Waals surface area (Å²) in [6.45, 7) is 9.20. The van der Waals surface area contributed by atoms with Crippen molar-refractivity contribution in [1.29, 1.82) is 0 Å². The van der Waals surface area contributed by atoms with Gasteiger partial charge in [0.2, 0.25) is 11.8 Å². The van der Waals surface area contributed by atoms with E-state index in [-0.39, 0.29) is 23.8 Å². The van der Waals surface area contributed by atoms with Crippen LogP contribution in [0.2, 0.25) is 0 Å². The number of rotatable bonds is 2. The molecule has 2 N–H and O–H groups in total. The van der Waals surface area contributed by atoms with Crippen molar-refractivity contribution in [3.05, 3.63) is 0 Å². The number of amides is 2. The van der Waals surface area contributed by atoms with Crippen molar-refractivity contribution < 1.29 is 9.59 Å². The molecule has 1 rings (SSSR count). The van der Waals surface area contributed by atoms with Gasteiger partial charge in [-0.15, -0.1) is 0 Å². The first kappa shape index (κ1) is 14.0. The molecule has 0 aromatic rings. The van der Waals surface area contributed by atoms with Crippen LogP contribution < -0.4 is 5.73 Å². The highest BCUT2D eigenvalue weighted by molar-refractivity contribution is 5.82. The van der Waals surface area contributed by atoms with E-state index in [1.807, 2.05) is 20.8 Å². The third-order valence-corrected chi connectivity index (χ3v) is 3.36. The summed E-state index contributed by atoms with van der Waals surface area (Å²) in [5.74, 6) is 0.202. The first-order valence-electron chi connectivity index (χ1n) is 6.16. The minimum absolute atomic E-state index is 0.00398. The lowest BCUT2D eigenvalue weighted by atomic mass is 10.0. The van der Waals surface area contributed by atoms with E-state index in [4.69, 9.17) is 5.73 Å². The van der Waals surface area contributed by atoms with Crippen LogP contribution in [0, 0.1) is 5.92 Å². The maximum absolute atomic E-state index is 12.1. The van der Waals surface area contributed by atoms with Crippen molar-refractivity contribution >= 4 is 11.8 Å². The van der Waals surface area contributed by atoms with Gasteiger partial charge in [0.15, 0.2) is 0 Å². The van der Waals surface area contributed by atoms with Crippen molar-refractivity contribution in [3.8, 4) is 0 Å². The maximum Gasteiger partial charge on any atom is 0.240 e. The highest BCUT2D eigenvalue weighted by Crippen LogP contribution is 2.13. The number of hydrogen-bond donors (Lipinski definition) is 1. The molecule has 0 aliphatic carbocycles. The molecule has 5 heteroatoms. The predicted molar refractivity (Wildman–Crippen MR) is 66.2 cm³/mol. The summed E-state index contributed by atoms with van der Waals surface area (Å²) in [6.07, 6.45) is 0. The zero-order chi connectivity index (χ0) is 13.2. The van der Waals surface area contributed by atoms with Gasteiger partial charge in [0.1, 0.15) is 0 Å². The van der Waals surface area contributed by atoms with Crippen molar-refractivity contribution in [2.75, 3.05) is 19.6 Å². The Kier molecular flexibility index (Phi) is 4.51. The summed E-state index contributed by atoms with van der Waals surface area (Å²) in [4.78, 5) is 27.0. The molecule has 17 heavy (non-hydrogen) atoms. The molecule has 1 fully saturated rings. The van der Waals surface area contributed by atoms with Gasteiger partial charge >= 0.3 is 0 Å². The summed E-state index contributed by atoms with van der Waals surface area (Å²) in [5.41, 5.74) is 5.88. The number of nitrogens with two attached hydrogens (primary N) is 1. The molecular formula is C12H23N3O2. The van der Waals surface area contributed by atoms with E-state index >= 15 is 0 Å². The second kappa shape index (κ2) is 5.49. The van der Waals surface area contributed by atoms with E-state index in [9.17, 15) is 9.59 Å². The van der Waals surface area contributed by atoms with Crippen LogP contribution in [-0.4, -0.2) is 53.3 Å². The Morgan fingerprint density at radius 2 is 1.88 bits per heavy atom. The lowest BCUT2D eigenvalue weighted by Gasteiger charge is -2.41. The monoisotopic (exact) mass is 241 g/mol. The molecule has 0 saturated carbocycles. The minimum Gasteiger partial charge on any atom is -0.339 e. The quantitative estimate of drug-likeness (QED) is 0.743. The van der Waals surface area contributed by atoms with Gasteiger partial charge in [-0.2, -0.15) is 0 Å². The van der Waals surface area contributed by atoms with Crippen LogP contribution in [0.15, 0.2) is 0 Å². The molecule has 5 nitrogen and oxygen atoms in total. The van der Waals surface area contributed by atoms with E-state index < -0.39 is 6.04 Å². The fourth-order valence-electron chi connectivity index (χ4n) is 2.05. The Morgan fingerprint density at radius 3 is 2.29 bits per heavy atom. The maximum atomic E-state index is 12.1. The van der Waals surface area contributed by atoms with Crippen molar-refractivity contribution in [2.45, 2.75) is 39.8 Å². The van der Waals surface area contributed by atoms with Crippen LogP contribution in [-0.2, 0) is 9.59 Å². The summed E-state index contributed by atoms with van der Waals surface area (Å²) < 4.78 is 0. The third kappa shape index (κ3) is 3.19. The van der Waals surface area contributed by atoms with Gasteiger partial charge in [-0.1, -0.05) is 13.8 Å². The van der Waals surface area contributed by atoms with Crippen molar-refractivity contribution in [1.82, 2.24) is 9.80 Å². The predicted octanol–water partition coefficient (Wildman–Crippen LogP) is 0.0489. The molecule has 0 aromatic carbocycles. The first-order chi connectivity index (χ1) is 7.84. The number of hydrogen-bond acceptors (Lipinski definition) is 3. The van der Waals surface area contributed by atoms with Gasteiger partial charge in [-0.25, -0.2) is 0 Å². The second-order valence-electron chi connectivity index (χ2n) is 5.12. The zero-order valence-electron chi connectivity index (χ0n) is 11.1. The molecule has 0 unspecified atom stereocenters. The highest BCUT2D eigenvalue weighted by Gasteiger charge is 2.31. The topological polar surface area (TPSA) is 66.6 Å². The smallest absolute Gasteiger partial charge is 0.240 e. The van der Waals surface area contributed by atoms with Gasteiger partial charge in [0.05, 0.1) is 6.04 Å². The molecule has 1 aliphatic rings. The Bertz CT molecular complexity index is 304. The Hall–Kier alpha value is -1.10. The summed E-state index contributed by atoms with van der Waals surface area (Å²) >= 11 is 0. The van der Waals surface area contributed by atoms with Gasteiger partial charge in [0, 0.05) is 32.6 Å². The molecular weight excluding hydrogens is 218 g/mol. The summed E-state index contributed by atoms with van der Waals surface area (Å²) in [6, 6.07) is -0.397. The van der Waals surface area contributed by atoms with Crippen LogP contribution >= 0.6 is 0 Å². The van der Waals surface area contributed by atoms with Crippen molar-refractivity contribution in [3.63, 3.8) is 0 Å². The first-order valence-corrected chi connectivity index (χ1v) is 6.16. The molecule has 2 amide bonds. The molecule has 1 heterocycles. The zero-order valence-corrected chi connectivity index (χ0v) is 11.1. The van der Waals surface area contributed by atoms with Crippen LogP contribution in [0.25, 0.3) is 0 Å². The third-order valence-electron chi connectivity index (χ3n) is 3.36. The number of carbonyl (C=O) groups is 2. The van der Waals surface area contributed by atoms with E-state index in [1.165, 1.54) is 0 Å². The fraction of sp³-hybridized carbons (Fsp3) is 0.833. The molecule has 0 spiro atoms. The van der Waals surface area contributed by atoms with E-state index in [2.05, 4.69) is 0 Å². The second-order valence-corrected chi connectivity index (χ2v) is 5.12. The van der Waals surface area contributed by atoms with Crippen LogP contribution in [0.1, 0.15) is 27.7 Å². The number of piperazine rings is 1. The molecule has 0 radical (unpaired) electrons. The highest BCUT2D eigenvalue weighted by atomic mass is 16.2. The van der Waals surface area contributed by atoms with Crippen LogP contribution in [0.3, 0.4) is 0 Å². The average molecular weight is 241 g/mol. The lowest BCUT2D eigenvalue weighted by molar-refractivity contribution is -0.143. The number of carbonyl (C=O) groups excluding carboxylic acids is 2. The van der Waals surface area contributed by atoms with Crippen LogP contribution in [0.5, 0.6) is 0 Å². The summed E-state index contributed by atoms with van der Waals surface area (Å²) in [5, 5.41) is 0. The Balaban J connectivity index is 2.63. The van der Waals surface area contributed by atoms with E-state index in [1.54, 1.807) is 16.7 Å². The van der Waals surface area contributed by atoms with E-state index in [0.29, 0.717) is 19.6 Å². The SMILES string of the molecule is CC(=O)N1CCN(C(=O)[C@@H](N)C(C)C)[C@@H](C)C1. The molecule has 98 valence electrons. The lowest BCUT2D eigenvalue weighted by Crippen LogP contribution is -2.59. The minimum atomic E-state index is -0.443. The molecule has 0 bridgehead atoms. The fourth-order valence-corrected chi connectivity index (χ4v) is 2.05. The van der Waals surface area contributed by atoms with Crippen molar-refractivity contribution in [2.24, 2.45) is 11.7 Å². The van der Waals surface area contributed by atoms with Gasteiger partial charge < -0.3 is 15.5 Å². The van der Waals surface area contributed by atoms with Crippen LogP contribution in [0.4, 0.5) is 0 Å².